The molecule has 1 heterocycles. The molecule has 1 aromatic heterocycles. The average molecular weight is 240 g/mol. The van der Waals surface area contributed by atoms with Gasteiger partial charge in [-0.05, 0) is 0 Å². The van der Waals surface area contributed by atoms with Crippen LogP contribution in [0, 0.1) is 17.5 Å². The zero-order valence-electron chi connectivity index (χ0n) is 8.42. The second-order valence-electron chi connectivity index (χ2n) is 3.20. The minimum absolute atomic E-state index is 0.128. The number of hydrogen-bond donors (Lipinski definition) is 2. The van der Waals surface area contributed by atoms with E-state index in [1.165, 1.54) is 12.4 Å². The molecule has 0 unspecified atom stereocenters. The Balaban J connectivity index is 2.32. The molecule has 3 N–H and O–H groups in total. The first kappa shape index (κ1) is 11.2. The Kier molecular flexibility index (Phi) is 2.82. The van der Waals surface area contributed by atoms with Gasteiger partial charge in [0.15, 0.2) is 11.6 Å². The monoisotopic (exact) mass is 240 g/mol. The number of nitrogens with one attached hydrogen (secondary N) is 1. The van der Waals surface area contributed by atoms with Gasteiger partial charge < -0.3 is 11.1 Å². The lowest BCUT2D eigenvalue weighted by Gasteiger charge is -2.07. The predicted molar refractivity (Wildman–Crippen MR) is 56.0 cm³/mol. The first-order chi connectivity index (χ1) is 8.06. The molecule has 88 valence electrons. The second-order valence-corrected chi connectivity index (χ2v) is 3.20. The lowest BCUT2D eigenvalue weighted by molar-refractivity contribution is 0.498. The van der Waals surface area contributed by atoms with E-state index in [2.05, 4.69) is 15.3 Å². The van der Waals surface area contributed by atoms with Crippen LogP contribution in [0.15, 0.2) is 24.5 Å². The van der Waals surface area contributed by atoms with Gasteiger partial charge in [0.05, 0.1) is 18.1 Å². The van der Waals surface area contributed by atoms with Crippen molar-refractivity contribution in [2.45, 2.75) is 0 Å². The lowest BCUT2D eigenvalue weighted by atomic mass is 10.3. The first-order valence-corrected chi connectivity index (χ1v) is 4.55. The van der Waals surface area contributed by atoms with Crippen LogP contribution in [0.5, 0.6) is 0 Å². The summed E-state index contributed by atoms with van der Waals surface area (Å²) in [7, 11) is 0. The normalized spacial score (nSPS) is 10.3. The molecule has 4 nitrogen and oxygen atoms in total. The fraction of sp³-hybridized carbons (Fsp3) is 0. The van der Waals surface area contributed by atoms with Crippen LogP contribution in [-0.2, 0) is 0 Å². The molecule has 17 heavy (non-hydrogen) atoms. The lowest BCUT2D eigenvalue weighted by Crippen LogP contribution is -2.01. The molecule has 0 amide bonds. The van der Waals surface area contributed by atoms with Crippen molar-refractivity contribution in [3.05, 3.63) is 42.0 Å². The van der Waals surface area contributed by atoms with Crippen molar-refractivity contribution in [1.82, 2.24) is 9.97 Å². The third-order valence-electron chi connectivity index (χ3n) is 1.93. The summed E-state index contributed by atoms with van der Waals surface area (Å²) >= 11 is 0. The number of nitrogens with two attached hydrogens (primary N) is 1. The molecule has 0 bridgehead atoms. The number of nitrogens with zero attached hydrogens (tertiary/aromatic N) is 2. The van der Waals surface area contributed by atoms with E-state index in [-0.39, 0.29) is 17.3 Å². The molecule has 2 aromatic rings. The van der Waals surface area contributed by atoms with Crippen molar-refractivity contribution in [3.63, 3.8) is 0 Å². The van der Waals surface area contributed by atoms with Gasteiger partial charge in [0, 0.05) is 12.1 Å². The molecule has 2 rings (SSSR count). The minimum atomic E-state index is -1.28. The molecular weight excluding hydrogens is 233 g/mol. The van der Waals surface area contributed by atoms with Gasteiger partial charge in [-0.15, -0.1) is 0 Å². The number of halogens is 3. The van der Waals surface area contributed by atoms with Gasteiger partial charge in [0.2, 0.25) is 0 Å². The zero-order chi connectivity index (χ0) is 12.4. The molecule has 0 aliphatic carbocycles. The maximum absolute atomic E-state index is 13.3. The van der Waals surface area contributed by atoms with E-state index in [4.69, 9.17) is 5.73 Å². The van der Waals surface area contributed by atoms with Crippen LogP contribution in [0.2, 0.25) is 0 Å². The summed E-state index contributed by atoms with van der Waals surface area (Å²) in [5.74, 6) is -3.06. The topological polar surface area (TPSA) is 63.8 Å². The number of anilines is 3. The van der Waals surface area contributed by atoms with Crippen molar-refractivity contribution < 1.29 is 13.2 Å². The largest absolute Gasteiger partial charge is 0.382 e. The minimum Gasteiger partial charge on any atom is -0.382 e. The maximum Gasteiger partial charge on any atom is 0.182 e. The standard InChI is InChI=1S/C10H7F3N4/c11-5-1-6(12)10(13)7(2-5)17-9-4-15-8(14)3-16-9/h1-4H,(H2,14,15)(H,16,17). The molecule has 0 atom stereocenters. The summed E-state index contributed by atoms with van der Waals surface area (Å²) in [4.78, 5) is 7.46. The van der Waals surface area contributed by atoms with Crippen molar-refractivity contribution in [3.8, 4) is 0 Å². The van der Waals surface area contributed by atoms with Gasteiger partial charge in [0.25, 0.3) is 0 Å². The predicted octanol–water partition coefficient (Wildman–Crippen LogP) is 2.22. The second kappa shape index (κ2) is 4.28. The summed E-state index contributed by atoms with van der Waals surface area (Å²) in [6, 6.07) is 1.27. The summed E-state index contributed by atoms with van der Waals surface area (Å²) in [6.07, 6.45) is 2.45. The van der Waals surface area contributed by atoms with E-state index in [9.17, 15) is 13.2 Å². The van der Waals surface area contributed by atoms with Crippen LogP contribution in [0.3, 0.4) is 0 Å². The van der Waals surface area contributed by atoms with Crippen LogP contribution in [0.4, 0.5) is 30.5 Å². The van der Waals surface area contributed by atoms with Crippen molar-refractivity contribution in [2.75, 3.05) is 11.1 Å². The highest BCUT2D eigenvalue weighted by Gasteiger charge is 2.11. The molecule has 0 fully saturated rings. The van der Waals surface area contributed by atoms with Crippen molar-refractivity contribution in [2.24, 2.45) is 0 Å². The Hall–Kier alpha value is -2.31. The molecule has 0 radical (unpaired) electrons. The van der Waals surface area contributed by atoms with Crippen molar-refractivity contribution in [1.29, 1.82) is 0 Å². The first-order valence-electron chi connectivity index (χ1n) is 4.55. The van der Waals surface area contributed by atoms with E-state index in [1.807, 2.05) is 0 Å². The molecule has 7 heteroatoms. The van der Waals surface area contributed by atoms with Gasteiger partial charge in [-0.3, -0.25) is 0 Å². The van der Waals surface area contributed by atoms with E-state index in [0.29, 0.717) is 6.07 Å². The quantitative estimate of drug-likeness (QED) is 0.790. The molecule has 0 aliphatic heterocycles. The van der Waals surface area contributed by atoms with Gasteiger partial charge in [-0.1, -0.05) is 0 Å². The molecule has 0 aliphatic rings. The fourth-order valence-electron chi connectivity index (χ4n) is 1.19. The third kappa shape index (κ3) is 2.44. The van der Waals surface area contributed by atoms with Gasteiger partial charge in [-0.25, -0.2) is 23.1 Å². The highest BCUT2D eigenvalue weighted by atomic mass is 19.2. The third-order valence-corrected chi connectivity index (χ3v) is 1.93. The van der Waals surface area contributed by atoms with Crippen LogP contribution >= 0.6 is 0 Å². The van der Waals surface area contributed by atoms with Crippen molar-refractivity contribution >= 4 is 17.3 Å². The summed E-state index contributed by atoms with van der Waals surface area (Å²) < 4.78 is 39.0. The fourth-order valence-corrected chi connectivity index (χ4v) is 1.19. The Morgan fingerprint density at radius 1 is 1.06 bits per heavy atom. The average Bonchev–Trinajstić information content (AvgIpc) is 2.28. The van der Waals surface area contributed by atoms with E-state index in [1.54, 1.807) is 0 Å². The Morgan fingerprint density at radius 2 is 1.82 bits per heavy atom. The van der Waals surface area contributed by atoms with E-state index in [0.717, 1.165) is 6.07 Å². The number of rotatable bonds is 2. The Bertz CT molecular complexity index is 542. The Labute approximate surface area is 94.3 Å². The SMILES string of the molecule is Nc1cnc(Nc2cc(F)cc(F)c2F)cn1. The number of nitrogen functional groups attached to an aromatic ring is 1. The zero-order valence-corrected chi connectivity index (χ0v) is 8.42. The van der Waals surface area contributed by atoms with Crippen LogP contribution in [0.25, 0.3) is 0 Å². The highest BCUT2D eigenvalue weighted by Crippen LogP contribution is 2.22. The van der Waals surface area contributed by atoms with Crippen LogP contribution in [0.1, 0.15) is 0 Å². The maximum atomic E-state index is 13.3. The van der Waals surface area contributed by atoms with E-state index >= 15 is 0 Å². The summed E-state index contributed by atoms with van der Waals surface area (Å²) in [5, 5.41) is 2.40. The molecule has 0 saturated carbocycles. The molecular formula is C10H7F3N4. The van der Waals surface area contributed by atoms with Gasteiger partial charge >= 0.3 is 0 Å². The number of hydrogen-bond acceptors (Lipinski definition) is 4. The number of benzene rings is 1. The Morgan fingerprint density at radius 3 is 2.47 bits per heavy atom. The smallest absolute Gasteiger partial charge is 0.182 e. The van der Waals surface area contributed by atoms with Crippen LogP contribution < -0.4 is 11.1 Å². The van der Waals surface area contributed by atoms with Gasteiger partial charge in [0.1, 0.15) is 17.5 Å². The summed E-state index contributed by atoms with van der Waals surface area (Å²) in [5.41, 5.74) is 4.94. The van der Waals surface area contributed by atoms with Crippen LogP contribution in [-0.4, -0.2) is 9.97 Å². The summed E-state index contributed by atoms with van der Waals surface area (Å²) in [6.45, 7) is 0. The molecule has 1 aromatic carbocycles. The molecule has 0 spiro atoms. The van der Waals surface area contributed by atoms with Gasteiger partial charge in [-0.2, -0.15) is 0 Å². The highest BCUT2D eigenvalue weighted by molar-refractivity contribution is 5.56. The van der Waals surface area contributed by atoms with E-state index < -0.39 is 17.5 Å². The number of aromatic nitrogens is 2. The molecule has 0 saturated heterocycles.